The van der Waals surface area contributed by atoms with Gasteiger partial charge >= 0.3 is 5.69 Å². The third-order valence-electron chi connectivity index (χ3n) is 2.26. The number of allylic oxidation sites excluding steroid dienone is 1. The Bertz CT molecular complexity index is 582. The molecule has 0 aliphatic carbocycles. The molecule has 2 rings (SSSR count). The van der Waals surface area contributed by atoms with Gasteiger partial charge in [0, 0.05) is 13.6 Å². The Morgan fingerprint density at radius 1 is 1.60 bits per heavy atom. The summed E-state index contributed by atoms with van der Waals surface area (Å²) in [7, 11) is 1.67. The van der Waals surface area contributed by atoms with Crippen LogP contribution in [0.3, 0.4) is 0 Å². The predicted octanol–water partition coefficient (Wildman–Crippen LogP) is 1.57. The summed E-state index contributed by atoms with van der Waals surface area (Å²) in [5, 5.41) is 0.383. The zero-order valence-corrected chi connectivity index (χ0v) is 9.03. The van der Waals surface area contributed by atoms with Crippen molar-refractivity contribution < 1.29 is 0 Å². The first-order valence-electron chi connectivity index (χ1n) is 4.48. The molecule has 0 aliphatic rings. The predicted molar refractivity (Wildman–Crippen MR) is 60.2 cm³/mol. The molecule has 0 atom stereocenters. The summed E-state index contributed by atoms with van der Waals surface area (Å²) in [6, 6.07) is 3.46. The molecule has 5 heteroatoms. The highest BCUT2D eigenvalue weighted by Crippen LogP contribution is 2.13. The van der Waals surface area contributed by atoms with Gasteiger partial charge in [0.2, 0.25) is 0 Å². The maximum atomic E-state index is 11.8. The van der Waals surface area contributed by atoms with Gasteiger partial charge in [-0.3, -0.25) is 9.13 Å². The van der Waals surface area contributed by atoms with Crippen molar-refractivity contribution >= 4 is 22.8 Å². The number of fused-ring (bicyclic) bond motifs is 1. The Morgan fingerprint density at radius 2 is 2.33 bits per heavy atom. The molecule has 0 radical (unpaired) electrons. The number of halogens is 1. The fourth-order valence-corrected chi connectivity index (χ4v) is 1.70. The molecular formula is C10H10ClN3O. The van der Waals surface area contributed by atoms with Gasteiger partial charge in [-0.15, -0.1) is 6.58 Å². The lowest BCUT2D eigenvalue weighted by atomic mass is 10.4. The Balaban J connectivity index is 2.87. The van der Waals surface area contributed by atoms with E-state index < -0.39 is 0 Å². The molecule has 0 spiro atoms. The molecule has 0 aromatic carbocycles. The monoisotopic (exact) mass is 223 g/mol. The number of hydrogen-bond acceptors (Lipinski definition) is 2. The van der Waals surface area contributed by atoms with Crippen LogP contribution >= 0.6 is 11.6 Å². The van der Waals surface area contributed by atoms with Crippen molar-refractivity contribution in [3.05, 3.63) is 40.4 Å². The number of imidazole rings is 1. The van der Waals surface area contributed by atoms with Gasteiger partial charge in [-0.1, -0.05) is 17.7 Å². The third-order valence-corrected chi connectivity index (χ3v) is 2.47. The van der Waals surface area contributed by atoms with Gasteiger partial charge in [0.25, 0.3) is 0 Å². The van der Waals surface area contributed by atoms with Crippen molar-refractivity contribution in [3.8, 4) is 0 Å². The van der Waals surface area contributed by atoms with E-state index in [2.05, 4.69) is 11.6 Å². The number of pyridine rings is 1. The standard InChI is InChI=1S/C10H10ClN3O/c1-3-6-14-7-4-5-8(11)12-9(7)13(2)10(14)15/h3-5H,1,6H2,2H3. The van der Waals surface area contributed by atoms with Gasteiger partial charge in [-0.05, 0) is 12.1 Å². The fraction of sp³-hybridized carbons (Fsp3) is 0.200. The Kier molecular flexibility index (Phi) is 2.36. The second-order valence-corrected chi connectivity index (χ2v) is 3.60. The molecule has 2 heterocycles. The largest absolute Gasteiger partial charge is 0.330 e. The molecular weight excluding hydrogens is 214 g/mol. The summed E-state index contributed by atoms with van der Waals surface area (Å²) < 4.78 is 3.08. The van der Waals surface area contributed by atoms with Gasteiger partial charge in [0.15, 0.2) is 5.65 Å². The van der Waals surface area contributed by atoms with Gasteiger partial charge in [0.1, 0.15) is 5.15 Å². The maximum absolute atomic E-state index is 11.8. The summed E-state index contributed by atoms with van der Waals surface area (Å²) in [4.78, 5) is 15.9. The highest BCUT2D eigenvalue weighted by Gasteiger charge is 2.10. The van der Waals surface area contributed by atoms with E-state index in [0.717, 1.165) is 5.52 Å². The topological polar surface area (TPSA) is 39.8 Å². The average Bonchev–Trinajstić information content (AvgIpc) is 2.44. The third kappa shape index (κ3) is 1.47. The molecule has 0 saturated carbocycles. The summed E-state index contributed by atoms with van der Waals surface area (Å²) in [6.45, 7) is 4.09. The SMILES string of the molecule is C=CCn1c(=O)n(C)c2nc(Cl)ccc21. The zero-order chi connectivity index (χ0) is 11.0. The van der Waals surface area contributed by atoms with Crippen molar-refractivity contribution in [2.45, 2.75) is 6.54 Å². The van der Waals surface area contributed by atoms with E-state index in [4.69, 9.17) is 11.6 Å². The van der Waals surface area contributed by atoms with E-state index in [1.807, 2.05) is 0 Å². The van der Waals surface area contributed by atoms with Crippen LogP contribution in [0.4, 0.5) is 0 Å². The zero-order valence-electron chi connectivity index (χ0n) is 8.27. The van der Waals surface area contributed by atoms with E-state index in [0.29, 0.717) is 17.3 Å². The van der Waals surface area contributed by atoms with Gasteiger partial charge in [0.05, 0.1) is 5.52 Å². The molecule has 2 aromatic rings. The maximum Gasteiger partial charge on any atom is 0.330 e. The molecule has 0 unspecified atom stereocenters. The van der Waals surface area contributed by atoms with Gasteiger partial charge in [-0.25, -0.2) is 9.78 Å². The second-order valence-electron chi connectivity index (χ2n) is 3.22. The van der Waals surface area contributed by atoms with Gasteiger partial charge in [-0.2, -0.15) is 0 Å². The van der Waals surface area contributed by atoms with Crippen LogP contribution in [0.1, 0.15) is 0 Å². The van der Waals surface area contributed by atoms with Crippen LogP contribution in [0, 0.1) is 0 Å². The molecule has 15 heavy (non-hydrogen) atoms. The average molecular weight is 224 g/mol. The van der Waals surface area contributed by atoms with Gasteiger partial charge < -0.3 is 0 Å². The Hall–Kier alpha value is -1.55. The molecule has 0 bridgehead atoms. The molecule has 0 N–H and O–H groups in total. The Morgan fingerprint density at radius 3 is 3.00 bits per heavy atom. The molecule has 2 aromatic heterocycles. The lowest BCUT2D eigenvalue weighted by Gasteiger charge is -1.96. The lowest BCUT2D eigenvalue weighted by molar-refractivity contribution is 0.748. The molecule has 4 nitrogen and oxygen atoms in total. The van der Waals surface area contributed by atoms with Crippen molar-refractivity contribution in [2.75, 3.05) is 0 Å². The summed E-state index contributed by atoms with van der Waals surface area (Å²) >= 11 is 5.77. The van der Waals surface area contributed by atoms with Crippen LogP contribution < -0.4 is 5.69 Å². The van der Waals surface area contributed by atoms with E-state index in [1.54, 1.807) is 29.8 Å². The van der Waals surface area contributed by atoms with Crippen LogP contribution in [0.5, 0.6) is 0 Å². The minimum absolute atomic E-state index is 0.111. The molecule has 78 valence electrons. The highest BCUT2D eigenvalue weighted by atomic mass is 35.5. The summed E-state index contributed by atoms with van der Waals surface area (Å²) in [5.74, 6) is 0. The minimum atomic E-state index is -0.111. The molecule has 0 saturated heterocycles. The van der Waals surface area contributed by atoms with E-state index in [9.17, 15) is 4.79 Å². The summed E-state index contributed by atoms with van der Waals surface area (Å²) in [5.41, 5.74) is 1.25. The van der Waals surface area contributed by atoms with E-state index in [-0.39, 0.29) is 5.69 Å². The van der Waals surface area contributed by atoms with Crippen molar-refractivity contribution in [1.29, 1.82) is 0 Å². The van der Waals surface area contributed by atoms with Crippen LogP contribution in [0.2, 0.25) is 5.15 Å². The lowest BCUT2D eigenvalue weighted by Crippen LogP contribution is -2.21. The van der Waals surface area contributed by atoms with E-state index in [1.165, 1.54) is 4.57 Å². The second kappa shape index (κ2) is 3.55. The number of aromatic nitrogens is 3. The first-order chi connectivity index (χ1) is 7.15. The number of aryl methyl sites for hydroxylation is 1. The number of hydrogen-bond donors (Lipinski definition) is 0. The van der Waals surface area contributed by atoms with Crippen molar-refractivity contribution in [1.82, 2.24) is 14.1 Å². The number of rotatable bonds is 2. The highest BCUT2D eigenvalue weighted by molar-refractivity contribution is 6.29. The Labute approximate surface area is 91.4 Å². The number of nitrogens with zero attached hydrogens (tertiary/aromatic N) is 3. The van der Waals surface area contributed by atoms with Crippen LogP contribution in [-0.2, 0) is 13.6 Å². The van der Waals surface area contributed by atoms with Crippen LogP contribution in [0.25, 0.3) is 11.2 Å². The van der Waals surface area contributed by atoms with Crippen molar-refractivity contribution in [2.24, 2.45) is 7.05 Å². The molecule has 0 amide bonds. The normalized spacial score (nSPS) is 10.8. The summed E-state index contributed by atoms with van der Waals surface area (Å²) in [6.07, 6.45) is 1.68. The smallest absolute Gasteiger partial charge is 0.286 e. The molecule has 0 fully saturated rings. The first kappa shape index (κ1) is 9.98. The quantitative estimate of drug-likeness (QED) is 0.573. The van der Waals surface area contributed by atoms with E-state index >= 15 is 0 Å². The van der Waals surface area contributed by atoms with Crippen molar-refractivity contribution in [3.63, 3.8) is 0 Å². The van der Waals surface area contributed by atoms with Crippen LogP contribution in [-0.4, -0.2) is 14.1 Å². The van der Waals surface area contributed by atoms with Crippen LogP contribution in [0.15, 0.2) is 29.6 Å². The fourth-order valence-electron chi connectivity index (χ4n) is 1.56. The molecule has 0 aliphatic heterocycles. The first-order valence-corrected chi connectivity index (χ1v) is 4.85. The minimum Gasteiger partial charge on any atom is -0.286 e.